The molecule has 3 rings (SSSR count). The summed E-state index contributed by atoms with van der Waals surface area (Å²) in [4.78, 5) is 27.3. The summed E-state index contributed by atoms with van der Waals surface area (Å²) in [6.07, 6.45) is 4.23. The Balaban J connectivity index is 1.52. The predicted octanol–water partition coefficient (Wildman–Crippen LogP) is 0.587. The van der Waals surface area contributed by atoms with E-state index in [0.29, 0.717) is 13.1 Å². The number of hydrogen-bond acceptors (Lipinski definition) is 6. The Kier molecular flexibility index (Phi) is 6.84. The molecule has 0 bridgehead atoms. The minimum absolute atomic E-state index is 0.0369. The Labute approximate surface area is 171 Å². The minimum atomic E-state index is 0.0369. The van der Waals surface area contributed by atoms with E-state index in [4.69, 9.17) is 0 Å². The second-order valence-electron chi connectivity index (χ2n) is 7.48. The van der Waals surface area contributed by atoms with Crippen LogP contribution in [0.5, 0.6) is 0 Å². The Morgan fingerprint density at radius 2 is 2.21 bits per heavy atom. The van der Waals surface area contributed by atoms with Gasteiger partial charge in [0.2, 0.25) is 5.91 Å². The molecular weight excluding hydrogens is 370 g/mol. The molecular formula is C19H31N9O. The molecule has 0 spiro atoms. The number of aryl methyl sites for hydroxylation is 1. The van der Waals surface area contributed by atoms with Gasteiger partial charge in [-0.15, -0.1) is 0 Å². The molecule has 1 saturated heterocycles. The van der Waals surface area contributed by atoms with Crippen molar-refractivity contribution in [3.63, 3.8) is 0 Å². The summed E-state index contributed by atoms with van der Waals surface area (Å²) in [5.41, 5.74) is 0.794. The van der Waals surface area contributed by atoms with Gasteiger partial charge in [-0.25, -0.2) is 9.97 Å². The number of rotatable bonds is 7. The second-order valence-corrected chi connectivity index (χ2v) is 7.48. The van der Waals surface area contributed by atoms with Crippen LogP contribution in [-0.2, 0) is 11.8 Å². The molecule has 3 N–H and O–H groups in total. The number of aromatic nitrogens is 4. The molecule has 29 heavy (non-hydrogen) atoms. The number of nitrogens with zero attached hydrogens (tertiary/aromatic N) is 6. The van der Waals surface area contributed by atoms with Crippen LogP contribution in [0.25, 0.3) is 11.0 Å². The molecule has 2 aromatic rings. The van der Waals surface area contributed by atoms with Gasteiger partial charge in [0.05, 0.1) is 18.1 Å². The van der Waals surface area contributed by atoms with Crippen molar-refractivity contribution in [3.05, 3.63) is 12.5 Å². The molecule has 158 valence electrons. The van der Waals surface area contributed by atoms with Crippen LogP contribution in [0.15, 0.2) is 17.5 Å². The molecule has 0 saturated carbocycles. The zero-order valence-electron chi connectivity index (χ0n) is 17.6. The minimum Gasteiger partial charge on any atom is -0.367 e. The molecule has 1 amide bonds. The maximum absolute atomic E-state index is 12.2. The van der Waals surface area contributed by atoms with E-state index >= 15 is 0 Å². The van der Waals surface area contributed by atoms with Crippen molar-refractivity contribution >= 4 is 28.7 Å². The molecule has 1 aliphatic rings. The first kappa shape index (κ1) is 20.8. The topological polar surface area (TPSA) is 112 Å². The van der Waals surface area contributed by atoms with Gasteiger partial charge in [-0.05, 0) is 13.3 Å². The summed E-state index contributed by atoms with van der Waals surface area (Å²) in [7, 11) is 1.86. The Morgan fingerprint density at radius 1 is 1.38 bits per heavy atom. The van der Waals surface area contributed by atoms with Crippen molar-refractivity contribution < 1.29 is 4.79 Å². The van der Waals surface area contributed by atoms with Crippen LogP contribution in [0.2, 0.25) is 0 Å². The molecule has 1 unspecified atom stereocenters. The van der Waals surface area contributed by atoms with E-state index in [1.54, 1.807) is 10.9 Å². The van der Waals surface area contributed by atoms with E-state index in [1.165, 1.54) is 6.33 Å². The fourth-order valence-electron chi connectivity index (χ4n) is 3.40. The largest absolute Gasteiger partial charge is 0.367 e. The van der Waals surface area contributed by atoms with Crippen LogP contribution < -0.4 is 16.0 Å². The molecule has 1 fully saturated rings. The number of amides is 1. The maximum atomic E-state index is 12.2. The summed E-state index contributed by atoms with van der Waals surface area (Å²) >= 11 is 0. The van der Waals surface area contributed by atoms with Crippen molar-refractivity contribution in [1.29, 1.82) is 0 Å². The number of likely N-dealkylation sites (tertiary alicyclic amines) is 1. The third-order valence-corrected chi connectivity index (χ3v) is 4.88. The van der Waals surface area contributed by atoms with Gasteiger partial charge in [0.15, 0.2) is 11.6 Å². The van der Waals surface area contributed by atoms with Gasteiger partial charge >= 0.3 is 0 Å². The fraction of sp³-hybridized carbons (Fsp3) is 0.632. The molecule has 3 heterocycles. The van der Waals surface area contributed by atoms with Gasteiger partial charge in [-0.3, -0.25) is 14.5 Å². The summed E-state index contributed by atoms with van der Waals surface area (Å²) in [5.74, 6) is 1.78. The molecule has 10 nitrogen and oxygen atoms in total. The van der Waals surface area contributed by atoms with Crippen molar-refractivity contribution in [3.8, 4) is 0 Å². The van der Waals surface area contributed by atoms with Gasteiger partial charge < -0.3 is 20.9 Å². The van der Waals surface area contributed by atoms with Gasteiger partial charge in [0, 0.05) is 45.2 Å². The summed E-state index contributed by atoms with van der Waals surface area (Å²) in [5, 5.41) is 15.1. The Morgan fingerprint density at radius 3 is 2.97 bits per heavy atom. The highest BCUT2D eigenvalue weighted by atomic mass is 16.2. The number of nitrogens with one attached hydrogen (secondary N) is 3. The monoisotopic (exact) mass is 401 g/mol. The van der Waals surface area contributed by atoms with Crippen LogP contribution in [0, 0.1) is 5.92 Å². The number of fused-ring (bicyclic) bond motifs is 1. The normalized spacial score (nSPS) is 17.2. The highest BCUT2D eigenvalue weighted by molar-refractivity contribution is 5.86. The highest BCUT2D eigenvalue weighted by Crippen LogP contribution is 2.17. The van der Waals surface area contributed by atoms with E-state index in [-0.39, 0.29) is 17.9 Å². The van der Waals surface area contributed by atoms with Gasteiger partial charge in [-0.1, -0.05) is 13.8 Å². The molecule has 2 aromatic heterocycles. The van der Waals surface area contributed by atoms with Gasteiger partial charge in [0.1, 0.15) is 12.1 Å². The number of aliphatic imine (C=N–C) groups is 1. The van der Waals surface area contributed by atoms with E-state index in [0.717, 1.165) is 48.9 Å². The first-order valence-electron chi connectivity index (χ1n) is 10.2. The number of anilines is 1. The lowest BCUT2D eigenvalue weighted by Crippen LogP contribution is -2.45. The number of carbonyl (C=O) groups excluding carboxylic acids is 1. The molecule has 0 radical (unpaired) electrons. The molecule has 1 atom stereocenters. The van der Waals surface area contributed by atoms with Crippen molar-refractivity contribution in [2.24, 2.45) is 18.0 Å². The number of carbonyl (C=O) groups is 1. The average molecular weight is 402 g/mol. The molecule has 10 heteroatoms. The number of hydrogen-bond donors (Lipinski definition) is 3. The zero-order chi connectivity index (χ0) is 20.8. The van der Waals surface area contributed by atoms with Crippen molar-refractivity contribution in [2.45, 2.75) is 33.2 Å². The lowest BCUT2D eigenvalue weighted by molar-refractivity contribution is -0.133. The standard InChI is InChI=1S/C19H31N9O/c1-5-20-19(26-14-6-9-28(11-14)18(29)13(2)3)22-8-7-21-16-15-10-25-27(4)17(15)24-12-23-16/h10,12-14H,5-9,11H2,1-4H3,(H2,20,22,26)(H,21,23,24). The molecule has 1 aliphatic heterocycles. The van der Waals surface area contributed by atoms with Crippen LogP contribution in [0.3, 0.4) is 0 Å². The van der Waals surface area contributed by atoms with Crippen molar-refractivity contribution in [1.82, 2.24) is 35.3 Å². The first-order chi connectivity index (χ1) is 14.0. The summed E-state index contributed by atoms with van der Waals surface area (Å²) < 4.78 is 1.72. The van der Waals surface area contributed by atoms with E-state index in [1.807, 2.05) is 32.7 Å². The molecule has 0 aromatic carbocycles. The maximum Gasteiger partial charge on any atom is 0.225 e. The third-order valence-electron chi connectivity index (χ3n) is 4.88. The summed E-state index contributed by atoms with van der Waals surface area (Å²) in [6, 6.07) is 0.223. The fourth-order valence-corrected chi connectivity index (χ4v) is 3.40. The Bertz CT molecular complexity index is 860. The molecule has 0 aliphatic carbocycles. The van der Waals surface area contributed by atoms with Gasteiger partial charge in [0.25, 0.3) is 0 Å². The SMILES string of the molecule is CCNC(=NCCNc1ncnc2c1cnn2C)NC1CCN(C(=O)C(C)C)C1. The average Bonchev–Trinajstić information content (AvgIpc) is 3.32. The summed E-state index contributed by atoms with van der Waals surface area (Å²) in [6.45, 7) is 9.45. The van der Waals surface area contributed by atoms with E-state index < -0.39 is 0 Å². The zero-order valence-corrected chi connectivity index (χ0v) is 17.6. The van der Waals surface area contributed by atoms with Crippen LogP contribution in [0.4, 0.5) is 5.82 Å². The Hall–Kier alpha value is -2.91. The van der Waals surface area contributed by atoms with E-state index in [2.05, 4.69) is 36.0 Å². The number of guanidine groups is 1. The van der Waals surface area contributed by atoms with Crippen molar-refractivity contribution in [2.75, 3.05) is 38.0 Å². The smallest absolute Gasteiger partial charge is 0.225 e. The second kappa shape index (κ2) is 9.53. The van der Waals surface area contributed by atoms with Gasteiger partial charge in [-0.2, -0.15) is 5.10 Å². The quantitative estimate of drug-likeness (QED) is 0.354. The lowest BCUT2D eigenvalue weighted by Gasteiger charge is -2.20. The van der Waals surface area contributed by atoms with Crippen LogP contribution in [0.1, 0.15) is 27.2 Å². The lowest BCUT2D eigenvalue weighted by atomic mass is 10.2. The third kappa shape index (κ3) is 5.12. The van der Waals surface area contributed by atoms with E-state index in [9.17, 15) is 4.79 Å². The van der Waals surface area contributed by atoms with Crippen LogP contribution in [-0.4, -0.2) is 75.3 Å². The first-order valence-corrected chi connectivity index (χ1v) is 10.2. The predicted molar refractivity (Wildman–Crippen MR) is 114 cm³/mol. The highest BCUT2D eigenvalue weighted by Gasteiger charge is 2.27. The van der Waals surface area contributed by atoms with Crippen LogP contribution >= 0.6 is 0 Å².